The molecule has 0 atom stereocenters. The Bertz CT molecular complexity index is 683. The Morgan fingerprint density at radius 2 is 1.86 bits per heavy atom. The maximum atomic E-state index is 8.86. The SMILES string of the molecule is N#CCc1cc(Cl)c(C2(c3ccc(Cl)cc3)SCCS2)[nH]1. The number of thioether (sulfide) groups is 2. The molecule has 2 aromatic rings. The van der Waals surface area contributed by atoms with E-state index in [2.05, 4.69) is 23.2 Å². The average Bonchev–Trinajstić information content (AvgIpc) is 3.08. The van der Waals surface area contributed by atoms with Crippen LogP contribution in [0.1, 0.15) is 17.0 Å². The molecule has 108 valence electrons. The molecule has 1 aliphatic rings. The van der Waals surface area contributed by atoms with Crippen molar-refractivity contribution in [3.05, 3.63) is 57.3 Å². The first-order valence-electron chi connectivity index (χ1n) is 6.44. The molecule has 0 saturated carbocycles. The summed E-state index contributed by atoms with van der Waals surface area (Å²) in [7, 11) is 0. The fraction of sp³-hybridized carbons (Fsp3) is 0.267. The minimum absolute atomic E-state index is 0.241. The van der Waals surface area contributed by atoms with Gasteiger partial charge < -0.3 is 4.98 Å². The maximum Gasteiger partial charge on any atom is 0.128 e. The predicted molar refractivity (Wildman–Crippen MR) is 92.3 cm³/mol. The number of rotatable bonds is 3. The van der Waals surface area contributed by atoms with Gasteiger partial charge in [0.25, 0.3) is 0 Å². The number of halogens is 2. The van der Waals surface area contributed by atoms with Gasteiger partial charge in [0.15, 0.2) is 0 Å². The first-order valence-corrected chi connectivity index (χ1v) is 9.17. The van der Waals surface area contributed by atoms with E-state index in [0.717, 1.165) is 27.9 Å². The molecule has 0 unspecified atom stereocenters. The normalized spacial score (nSPS) is 16.8. The Hall–Kier alpha value is -0.730. The van der Waals surface area contributed by atoms with Gasteiger partial charge in [-0.15, -0.1) is 23.5 Å². The molecule has 0 aliphatic carbocycles. The van der Waals surface area contributed by atoms with E-state index < -0.39 is 0 Å². The van der Waals surface area contributed by atoms with Crippen molar-refractivity contribution < 1.29 is 0 Å². The van der Waals surface area contributed by atoms with Crippen molar-refractivity contribution in [2.45, 2.75) is 10.5 Å². The minimum atomic E-state index is -0.241. The third-order valence-electron chi connectivity index (χ3n) is 3.34. The molecule has 0 bridgehead atoms. The van der Waals surface area contributed by atoms with Crippen LogP contribution in [0.15, 0.2) is 30.3 Å². The van der Waals surface area contributed by atoms with Crippen LogP contribution in [0.5, 0.6) is 0 Å². The van der Waals surface area contributed by atoms with Crippen LogP contribution in [-0.2, 0) is 10.5 Å². The number of hydrogen-bond donors (Lipinski definition) is 1. The molecule has 0 spiro atoms. The van der Waals surface area contributed by atoms with E-state index in [0.29, 0.717) is 11.4 Å². The van der Waals surface area contributed by atoms with Crippen LogP contribution in [0.2, 0.25) is 10.0 Å². The molecular weight excluding hydrogens is 343 g/mol. The van der Waals surface area contributed by atoms with E-state index in [4.69, 9.17) is 28.5 Å². The number of hydrogen-bond acceptors (Lipinski definition) is 3. The molecule has 2 heterocycles. The first kappa shape index (κ1) is 15.2. The molecule has 1 saturated heterocycles. The largest absolute Gasteiger partial charge is 0.358 e. The molecule has 1 aromatic heterocycles. The number of H-pyrrole nitrogens is 1. The van der Waals surface area contributed by atoms with E-state index in [1.54, 1.807) is 0 Å². The molecule has 2 nitrogen and oxygen atoms in total. The van der Waals surface area contributed by atoms with Crippen LogP contribution in [0.25, 0.3) is 0 Å². The third-order valence-corrected chi connectivity index (χ3v) is 7.37. The van der Waals surface area contributed by atoms with Crippen molar-refractivity contribution in [3.8, 4) is 6.07 Å². The van der Waals surface area contributed by atoms with Crippen molar-refractivity contribution in [2.75, 3.05) is 11.5 Å². The lowest BCUT2D eigenvalue weighted by Crippen LogP contribution is -2.17. The Kier molecular flexibility index (Phi) is 4.46. The number of aromatic amines is 1. The van der Waals surface area contributed by atoms with Crippen LogP contribution in [0, 0.1) is 11.3 Å². The molecular formula is C15H12Cl2N2S2. The smallest absolute Gasteiger partial charge is 0.128 e. The van der Waals surface area contributed by atoms with Crippen LogP contribution in [0.4, 0.5) is 0 Å². The zero-order valence-corrected chi connectivity index (χ0v) is 14.2. The fourth-order valence-electron chi connectivity index (χ4n) is 2.44. The number of nitrogens with one attached hydrogen (secondary N) is 1. The second-order valence-electron chi connectivity index (χ2n) is 4.67. The van der Waals surface area contributed by atoms with Crippen molar-refractivity contribution in [2.24, 2.45) is 0 Å². The Morgan fingerprint density at radius 3 is 2.48 bits per heavy atom. The summed E-state index contributed by atoms with van der Waals surface area (Å²) in [6.45, 7) is 0. The number of benzene rings is 1. The minimum Gasteiger partial charge on any atom is -0.358 e. The second-order valence-corrected chi connectivity index (χ2v) is 8.39. The molecule has 1 N–H and O–H groups in total. The van der Waals surface area contributed by atoms with Crippen molar-refractivity contribution >= 4 is 46.7 Å². The van der Waals surface area contributed by atoms with Gasteiger partial charge in [-0.3, -0.25) is 0 Å². The maximum absolute atomic E-state index is 8.86. The monoisotopic (exact) mass is 354 g/mol. The van der Waals surface area contributed by atoms with Gasteiger partial charge in [-0.1, -0.05) is 35.3 Å². The highest BCUT2D eigenvalue weighted by Gasteiger charge is 2.42. The van der Waals surface area contributed by atoms with Crippen LogP contribution >= 0.6 is 46.7 Å². The van der Waals surface area contributed by atoms with Crippen molar-refractivity contribution in [1.82, 2.24) is 4.98 Å². The lowest BCUT2D eigenvalue weighted by molar-refractivity contribution is 0.992. The van der Waals surface area contributed by atoms with Gasteiger partial charge in [-0.2, -0.15) is 5.26 Å². The number of aromatic nitrogens is 1. The van der Waals surface area contributed by atoms with Gasteiger partial charge in [-0.05, 0) is 23.8 Å². The molecule has 1 fully saturated rings. The predicted octanol–water partition coefficient (Wildman–Crippen LogP) is 5.07. The second kappa shape index (κ2) is 6.18. The zero-order chi connectivity index (χ0) is 14.9. The summed E-state index contributed by atoms with van der Waals surface area (Å²) in [5, 5.41) is 10.3. The van der Waals surface area contributed by atoms with Crippen molar-refractivity contribution in [1.29, 1.82) is 5.26 Å². The van der Waals surface area contributed by atoms with Crippen molar-refractivity contribution in [3.63, 3.8) is 0 Å². The summed E-state index contributed by atoms with van der Waals surface area (Å²) in [6.07, 6.45) is 0.339. The molecule has 21 heavy (non-hydrogen) atoms. The Morgan fingerprint density at radius 1 is 1.19 bits per heavy atom. The lowest BCUT2D eigenvalue weighted by atomic mass is 10.1. The van der Waals surface area contributed by atoms with E-state index in [1.165, 1.54) is 5.56 Å². The lowest BCUT2D eigenvalue weighted by Gasteiger charge is -2.27. The zero-order valence-electron chi connectivity index (χ0n) is 11.0. The Balaban J connectivity index is 2.09. The topological polar surface area (TPSA) is 39.6 Å². The summed E-state index contributed by atoms with van der Waals surface area (Å²) < 4.78 is -0.241. The molecule has 0 amide bonds. The third kappa shape index (κ3) is 2.80. The van der Waals surface area contributed by atoms with Crippen LogP contribution < -0.4 is 0 Å². The number of nitrogens with zero attached hydrogens (tertiary/aromatic N) is 1. The first-order chi connectivity index (χ1) is 10.2. The van der Waals surface area contributed by atoms with Gasteiger partial charge in [0.1, 0.15) is 4.08 Å². The van der Waals surface area contributed by atoms with Crippen LogP contribution in [0.3, 0.4) is 0 Å². The van der Waals surface area contributed by atoms with Gasteiger partial charge in [-0.25, -0.2) is 0 Å². The summed E-state index contributed by atoms with van der Waals surface area (Å²) in [5.41, 5.74) is 3.01. The standard InChI is InChI=1S/C15H12Cl2N2S2/c16-11-3-1-10(2-4-11)15(20-7-8-21-15)14-13(17)9-12(19-14)5-6-18/h1-4,9,19H,5,7-8H2. The average molecular weight is 355 g/mol. The van der Waals surface area contributed by atoms with E-state index in [1.807, 2.05) is 41.7 Å². The van der Waals surface area contributed by atoms with E-state index in [9.17, 15) is 0 Å². The molecule has 0 radical (unpaired) electrons. The quantitative estimate of drug-likeness (QED) is 0.836. The molecule has 1 aromatic carbocycles. The van der Waals surface area contributed by atoms with E-state index >= 15 is 0 Å². The van der Waals surface area contributed by atoms with Gasteiger partial charge in [0.05, 0.1) is 23.2 Å². The molecule has 3 rings (SSSR count). The summed E-state index contributed by atoms with van der Waals surface area (Å²) in [6, 6.07) is 11.9. The number of nitriles is 1. The fourth-order valence-corrected chi connectivity index (χ4v) is 6.29. The van der Waals surface area contributed by atoms with Gasteiger partial charge in [0, 0.05) is 22.2 Å². The summed E-state index contributed by atoms with van der Waals surface area (Å²) >= 11 is 16.2. The highest BCUT2D eigenvalue weighted by atomic mass is 35.5. The molecule has 6 heteroatoms. The summed E-state index contributed by atoms with van der Waals surface area (Å²) in [4.78, 5) is 3.35. The highest BCUT2D eigenvalue weighted by molar-refractivity contribution is 8.20. The van der Waals surface area contributed by atoms with Crippen LogP contribution in [-0.4, -0.2) is 16.5 Å². The Labute approximate surface area is 142 Å². The van der Waals surface area contributed by atoms with Gasteiger partial charge >= 0.3 is 0 Å². The summed E-state index contributed by atoms with van der Waals surface area (Å²) in [5.74, 6) is 2.13. The molecule has 1 aliphatic heterocycles. The highest BCUT2D eigenvalue weighted by Crippen LogP contribution is 2.57. The van der Waals surface area contributed by atoms with Gasteiger partial charge in [0.2, 0.25) is 0 Å². The van der Waals surface area contributed by atoms with E-state index in [-0.39, 0.29) is 4.08 Å².